The van der Waals surface area contributed by atoms with Crippen LogP contribution in [0.4, 0.5) is 5.69 Å². The number of carbonyl (C=O) groups is 1. The van der Waals surface area contributed by atoms with E-state index in [2.05, 4.69) is 16.4 Å². The zero-order valence-electron chi connectivity index (χ0n) is 12.8. The van der Waals surface area contributed by atoms with E-state index in [4.69, 9.17) is 10.00 Å². The van der Waals surface area contributed by atoms with Crippen LogP contribution in [0.15, 0.2) is 24.4 Å². The summed E-state index contributed by atoms with van der Waals surface area (Å²) in [6.07, 6.45) is 7.22. The maximum atomic E-state index is 12.3. The van der Waals surface area contributed by atoms with Crippen molar-refractivity contribution in [2.75, 3.05) is 5.32 Å². The van der Waals surface area contributed by atoms with Gasteiger partial charge in [-0.25, -0.2) is 0 Å². The van der Waals surface area contributed by atoms with E-state index in [-0.39, 0.29) is 17.7 Å². The van der Waals surface area contributed by atoms with Crippen LogP contribution in [0.1, 0.15) is 32.1 Å². The molecule has 0 aliphatic heterocycles. The summed E-state index contributed by atoms with van der Waals surface area (Å²) in [5, 5.41) is 12.9. The molecule has 0 bridgehead atoms. The summed E-state index contributed by atoms with van der Waals surface area (Å²) in [7, 11) is 0. The predicted molar refractivity (Wildman–Crippen MR) is 87.0 cm³/mol. The van der Waals surface area contributed by atoms with Crippen LogP contribution >= 0.6 is 0 Å². The van der Waals surface area contributed by atoms with Crippen molar-refractivity contribution in [3.63, 3.8) is 0 Å². The Bertz CT molecular complexity index is 785. The third kappa shape index (κ3) is 2.55. The average molecular weight is 309 g/mol. The van der Waals surface area contributed by atoms with Gasteiger partial charge in [0.15, 0.2) is 0 Å². The average Bonchev–Trinajstić information content (AvgIpc) is 2.85. The minimum atomic E-state index is -0.181. The van der Waals surface area contributed by atoms with Gasteiger partial charge in [-0.3, -0.25) is 4.79 Å². The number of rotatable bonds is 4. The van der Waals surface area contributed by atoms with Crippen LogP contribution in [0.25, 0.3) is 10.9 Å². The summed E-state index contributed by atoms with van der Waals surface area (Å²) >= 11 is 0. The topological polar surface area (TPSA) is 77.9 Å². The molecule has 2 saturated carbocycles. The molecule has 0 spiro atoms. The first-order valence-electron chi connectivity index (χ1n) is 8.23. The van der Waals surface area contributed by atoms with Crippen LogP contribution < -0.4 is 10.1 Å². The van der Waals surface area contributed by atoms with Gasteiger partial charge in [0.1, 0.15) is 5.75 Å². The summed E-state index contributed by atoms with van der Waals surface area (Å²) in [4.78, 5) is 15.5. The number of H-pyrrole nitrogens is 1. The number of anilines is 1. The zero-order chi connectivity index (χ0) is 15.8. The Morgan fingerprint density at radius 2 is 2.17 bits per heavy atom. The third-order valence-electron chi connectivity index (χ3n) is 5.04. The summed E-state index contributed by atoms with van der Waals surface area (Å²) in [6, 6.07) is 8.11. The summed E-state index contributed by atoms with van der Waals surface area (Å²) in [5.74, 6) is 0.460. The van der Waals surface area contributed by atoms with E-state index >= 15 is 0 Å². The molecule has 118 valence electrons. The second-order valence-electron chi connectivity index (χ2n) is 6.49. The molecule has 1 amide bonds. The number of ether oxygens (including phenoxy) is 1. The van der Waals surface area contributed by atoms with Crippen LogP contribution in [-0.4, -0.2) is 17.0 Å². The monoisotopic (exact) mass is 309 g/mol. The fourth-order valence-electron chi connectivity index (χ4n) is 3.15. The number of nitriles is 1. The number of nitrogens with zero attached hydrogens (tertiary/aromatic N) is 1. The Kier molecular flexibility index (Phi) is 3.45. The number of benzene rings is 1. The number of aromatic nitrogens is 1. The summed E-state index contributed by atoms with van der Waals surface area (Å²) < 4.78 is 5.93. The third-order valence-corrected chi connectivity index (χ3v) is 5.04. The molecule has 0 saturated heterocycles. The maximum Gasteiger partial charge on any atom is 0.228 e. The maximum absolute atomic E-state index is 12.3. The zero-order valence-corrected chi connectivity index (χ0v) is 12.8. The molecule has 1 aromatic heterocycles. The number of hydrogen-bond donors (Lipinski definition) is 2. The quantitative estimate of drug-likeness (QED) is 0.906. The molecule has 2 fully saturated rings. The Labute approximate surface area is 134 Å². The lowest BCUT2D eigenvalue weighted by Gasteiger charge is -2.29. The lowest BCUT2D eigenvalue weighted by atomic mass is 9.74. The molecule has 23 heavy (non-hydrogen) atoms. The molecule has 0 radical (unpaired) electrons. The number of fused-ring (bicyclic) bond motifs is 1. The van der Waals surface area contributed by atoms with Gasteiger partial charge >= 0.3 is 0 Å². The number of nitrogens with one attached hydrogen (secondary N) is 2. The van der Waals surface area contributed by atoms with Crippen LogP contribution in [0.5, 0.6) is 5.75 Å². The molecule has 2 aromatic rings. The number of amides is 1. The van der Waals surface area contributed by atoms with Crippen LogP contribution in [0.3, 0.4) is 0 Å². The molecule has 2 unspecified atom stereocenters. The fourth-order valence-corrected chi connectivity index (χ4v) is 3.15. The first-order chi connectivity index (χ1) is 11.2. The molecular formula is C18H19N3O2. The SMILES string of the molecule is N#CC1CCC1C(=O)Nc1c[nH]c2ccc(OC3CCC3)cc12. The van der Waals surface area contributed by atoms with Crippen molar-refractivity contribution in [2.24, 2.45) is 11.8 Å². The normalized spacial score (nSPS) is 23.6. The van der Waals surface area contributed by atoms with Gasteiger partial charge in [-0.1, -0.05) is 0 Å². The van der Waals surface area contributed by atoms with E-state index in [1.54, 1.807) is 6.20 Å². The van der Waals surface area contributed by atoms with Crippen LogP contribution in [0.2, 0.25) is 0 Å². The van der Waals surface area contributed by atoms with Crippen LogP contribution in [0, 0.1) is 23.2 Å². The standard InChI is InChI=1S/C18H19N3O2/c19-9-11-4-6-14(11)18(22)21-17-10-20-16-7-5-13(8-15(16)17)23-12-2-1-3-12/h5,7-8,10-12,14,20H,1-4,6H2,(H,21,22). The first-order valence-corrected chi connectivity index (χ1v) is 8.23. The second-order valence-corrected chi connectivity index (χ2v) is 6.49. The molecule has 2 atom stereocenters. The van der Waals surface area contributed by atoms with Crippen molar-refractivity contribution >= 4 is 22.5 Å². The minimum Gasteiger partial charge on any atom is -0.490 e. The molecule has 4 rings (SSSR count). The van der Waals surface area contributed by atoms with Crippen molar-refractivity contribution in [2.45, 2.75) is 38.2 Å². The molecular weight excluding hydrogens is 290 g/mol. The predicted octanol–water partition coefficient (Wildman–Crippen LogP) is 3.59. The van der Waals surface area contributed by atoms with Crippen molar-refractivity contribution in [1.29, 1.82) is 5.26 Å². The first kappa shape index (κ1) is 14.1. The highest BCUT2D eigenvalue weighted by molar-refractivity contribution is 6.03. The fraction of sp³-hybridized carbons (Fsp3) is 0.444. The van der Waals surface area contributed by atoms with Gasteiger partial charge in [-0.05, 0) is 50.3 Å². The summed E-state index contributed by atoms with van der Waals surface area (Å²) in [6.45, 7) is 0. The van der Waals surface area contributed by atoms with Crippen LogP contribution in [-0.2, 0) is 4.79 Å². The molecule has 5 heteroatoms. The van der Waals surface area contributed by atoms with E-state index in [0.29, 0.717) is 6.10 Å². The lowest BCUT2D eigenvalue weighted by Crippen LogP contribution is -2.35. The highest BCUT2D eigenvalue weighted by Crippen LogP contribution is 2.36. The van der Waals surface area contributed by atoms with Crippen molar-refractivity contribution in [3.05, 3.63) is 24.4 Å². The van der Waals surface area contributed by atoms with Gasteiger partial charge in [0, 0.05) is 17.1 Å². The smallest absolute Gasteiger partial charge is 0.228 e. The Hall–Kier alpha value is -2.48. The van der Waals surface area contributed by atoms with Gasteiger partial charge in [0.05, 0.1) is 29.7 Å². The Morgan fingerprint density at radius 3 is 2.83 bits per heavy atom. The number of carbonyl (C=O) groups excluding carboxylic acids is 1. The van der Waals surface area contributed by atoms with Gasteiger partial charge in [0.2, 0.25) is 5.91 Å². The minimum absolute atomic E-state index is 0.0611. The number of hydrogen-bond acceptors (Lipinski definition) is 3. The molecule has 1 aromatic carbocycles. The van der Waals surface area contributed by atoms with E-state index in [1.807, 2.05) is 18.2 Å². The Morgan fingerprint density at radius 1 is 1.30 bits per heavy atom. The molecule has 2 aliphatic carbocycles. The molecule has 1 heterocycles. The molecule has 2 N–H and O–H groups in total. The summed E-state index contributed by atoms with van der Waals surface area (Å²) in [5.41, 5.74) is 1.72. The largest absolute Gasteiger partial charge is 0.490 e. The molecule has 2 aliphatic rings. The van der Waals surface area contributed by atoms with E-state index in [1.165, 1.54) is 6.42 Å². The van der Waals surface area contributed by atoms with E-state index in [9.17, 15) is 4.79 Å². The Balaban J connectivity index is 1.53. The van der Waals surface area contributed by atoms with E-state index in [0.717, 1.165) is 48.0 Å². The number of aromatic amines is 1. The second kappa shape index (κ2) is 5.62. The highest BCUT2D eigenvalue weighted by atomic mass is 16.5. The van der Waals surface area contributed by atoms with Gasteiger partial charge < -0.3 is 15.0 Å². The van der Waals surface area contributed by atoms with Gasteiger partial charge in [0.25, 0.3) is 0 Å². The molecule has 5 nitrogen and oxygen atoms in total. The van der Waals surface area contributed by atoms with Crippen molar-refractivity contribution in [3.8, 4) is 11.8 Å². The highest BCUT2D eigenvalue weighted by Gasteiger charge is 2.36. The van der Waals surface area contributed by atoms with E-state index < -0.39 is 0 Å². The van der Waals surface area contributed by atoms with Gasteiger partial charge in [-0.2, -0.15) is 5.26 Å². The van der Waals surface area contributed by atoms with Gasteiger partial charge in [-0.15, -0.1) is 0 Å². The lowest BCUT2D eigenvalue weighted by molar-refractivity contribution is -0.123. The van der Waals surface area contributed by atoms with Crippen molar-refractivity contribution in [1.82, 2.24) is 4.98 Å². The van der Waals surface area contributed by atoms with Crippen molar-refractivity contribution < 1.29 is 9.53 Å².